The van der Waals surface area contributed by atoms with Crippen LogP contribution in [-0.4, -0.2) is 29.7 Å². The Bertz CT molecular complexity index is 599. The summed E-state index contributed by atoms with van der Waals surface area (Å²) < 4.78 is 36.9. The van der Waals surface area contributed by atoms with Gasteiger partial charge in [-0.2, -0.15) is 18.2 Å². The monoisotopic (exact) mass is 285 g/mol. The van der Waals surface area contributed by atoms with E-state index in [0.29, 0.717) is 16.7 Å². The van der Waals surface area contributed by atoms with E-state index in [9.17, 15) is 13.2 Å². The third-order valence-electron chi connectivity index (χ3n) is 2.80. The normalized spacial score (nSPS) is 11.7. The van der Waals surface area contributed by atoms with Crippen LogP contribution in [0.1, 0.15) is 6.42 Å². The van der Waals surface area contributed by atoms with E-state index in [1.807, 2.05) is 0 Å². The number of anilines is 2. The largest absolute Gasteiger partial charge is 0.390 e. The Morgan fingerprint density at radius 1 is 1.25 bits per heavy atom. The highest BCUT2D eigenvalue weighted by Crippen LogP contribution is 2.26. The van der Waals surface area contributed by atoms with E-state index in [2.05, 4.69) is 15.4 Å². The van der Waals surface area contributed by atoms with Crippen molar-refractivity contribution in [1.82, 2.24) is 9.97 Å². The average Bonchev–Trinajstić information content (AvgIpc) is 2.42. The molecule has 0 aliphatic heterocycles. The van der Waals surface area contributed by atoms with Gasteiger partial charge in [0.15, 0.2) is 0 Å². The summed E-state index contributed by atoms with van der Waals surface area (Å²) in [5, 5.41) is 0.677. The number of para-hydroxylation sites is 1. The minimum Gasteiger partial charge on any atom is -0.359 e. The molecule has 1 aromatic heterocycles. The number of hydrazine groups is 1. The van der Waals surface area contributed by atoms with E-state index in [-0.39, 0.29) is 12.5 Å². The van der Waals surface area contributed by atoms with Gasteiger partial charge < -0.3 is 4.90 Å². The Balaban J connectivity index is 2.36. The minimum absolute atomic E-state index is 0.164. The van der Waals surface area contributed by atoms with Crippen LogP contribution in [0.2, 0.25) is 0 Å². The number of aromatic nitrogens is 2. The number of nitrogens with one attached hydrogen (secondary N) is 1. The molecule has 0 bridgehead atoms. The van der Waals surface area contributed by atoms with Crippen molar-refractivity contribution in [2.45, 2.75) is 12.6 Å². The summed E-state index contributed by atoms with van der Waals surface area (Å²) in [4.78, 5) is 9.72. The van der Waals surface area contributed by atoms with Crippen molar-refractivity contribution in [3.63, 3.8) is 0 Å². The minimum atomic E-state index is -4.20. The van der Waals surface area contributed by atoms with Crippen molar-refractivity contribution in [1.29, 1.82) is 0 Å². The highest BCUT2D eigenvalue weighted by Gasteiger charge is 2.27. The fourth-order valence-electron chi connectivity index (χ4n) is 1.82. The summed E-state index contributed by atoms with van der Waals surface area (Å²) in [6.45, 7) is -0.186. The zero-order valence-corrected chi connectivity index (χ0v) is 10.8. The molecular formula is C12H14F3N5. The first-order chi connectivity index (χ1) is 9.40. The first kappa shape index (κ1) is 14.3. The van der Waals surface area contributed by atoms with E-state index in [1.165, 1.54) is 4.90 Å². The van der Waals surface area contributed by atoms with Crippen LogP contribution in [0.4, 0.5) is 24.9 Å². The first-order valence-corrected chi connectivity index (χ1v) is 5.92. The van der Waals surface area contributed by atoms with Gasteiger partial charge in [0.1, 0.15) is 5.82 Å². The summed E-state index contributed by atoms with van der Waals surface area (Å²) in [6, 6.07) is 7.07. The molecule has 0 atom stereocenters. The second-order valence-electron chi connectivity index (χ2n) is 4.32. The second kappa shape index (κ2) is 5.49. The van der Waals surface area contributed by atoms with Gasteiger partial charge in [0.2, 0.25) is 5.95 Å². The molecule has 0 saturated carbocycles. The molecule has 2 aromatic rings. The lowest BCUT2D eigenvalue weighted by Gasteiger charge is -2.21. The SMILES string of the molecule is CN(CCC(F)(F)F)c1nc(NN)nc2ccccc12. The van der Waals surface area contributed by atoms with Crippen LogP contribution in [-0.2, 0) is 0 Å². The van der Waals surface area contributed by atoms with Crippen LogP contribution in [0, 0.1) is 0 Å². The van der Waals surface area contributed by atoms with E-state index in [1.54, 1.807) is 31.3 Å². The topological polar surface area (TPSA) is 67.1 Å². The van der Waals surface area contributed by atoms with Gasteiger partial charge in [0, 0.05) is 19.0 Å². The van der Waals surface area contributed by atoms with Crippen LogP contribution >= 0.6 is 0 Å². The highest BCUT2D eigenvalue weighted by atomic mass is 19.4. The molecule has 0 aliphatic rings. The molecule has 20 heavy (non-hydrogen) atoms. The molecular weight excluding hydrogens is 271 g/mol. The third kappa shape index (κ3) is 3.27. The van der Waals surface area contributed by atoms with Gasteiger partial charge in [0.05, 0.1) is 11.9 Å². The summed E-state index contributed by atoms with van der Waals surface area (Å²) in [5.41, 5.74) is 2.93. The predicted molar refractivity (Wildman–Crippen MR) is 71.3 cm³/mol. The molecule has 0 radical (unpaired) electrons. The number of nitrogens with two attached hydrogens (primary N) is 1. The van der Waals surface area contributed by atoms with Crippen molar-refractivity contribution in [3.05, 3.63) is 24.3 Å². The maximum absolute atomic E-state index is 12.3. The van der Waals surface area contributed by atoms with Crippen LogP contribution in [0.3, 0.4) is 0 Å². The fraction of sp³-hybridized carbons (Fsp3) is 0.333. The van der Waals surface area contributed by atoms with Gasteiger partial charge in [0.25, 0.3) is 0 Å². The van der Waals surface area contributed by atoms with Crippen molar-refractivity contribution < 1.29 is 13.2 Å². The molecule has 0 fully saturated rings. The van der Waals surface area contributed by atoms with Crippen molar-refractivity contribution in [2.24, 2.45) is 5.84 Å². The maximum Gasteiger partial charge on any atom is 0.390 e. The van der Waals surface area contributed by atoms with Crippen molar-refractivity contribution in [3.8, 4) is 0 Å². The lowest BCUT2D eigenvalue weighted by Crippen LogP contribution is -2.25. The van der Waals surface area contributed by atoms with E-state index < -0.39 is 12.6 Å². The number of nitrogen functional groups attached to an aromatic ring is 1. The molecule has 0 saturated heterocycles. The molecule has 1 heterocycles. The maximum atomic E-state index is 12.3. The van der Waals surface area contributed by atoms with Gasteiger partial charge in [-0.3, -0.25) is 5.43 Å². The Labute approximate surface area is 113 Å². The standard InChI is InChI=1S/C12H14F3N5/c1-20(7-6-12(13,14)15)10-8-4-2-3-5-9(8)17-11(18-10)19-16/h2-5H,6-7,16H2,1H3,(H,17,18,19). The van der Waals surface area contributed by atoms with Gasteiger partial charge in [-0.1, -0.05) is 12.1 Å². The zero-order chi connectivity index (χ0) is 14.8. The second-order valence-corrected chi connectivity index (χ2v) is 4.32. The third-order valence-corrected chi connectivity index (χ3v) is 2.80. The summed E-state index contributed by atoms with van der Waals surface area (Å²) >= 11 is 0. The Morgan fingerprint density at radius 3 is 2.60 bits per heavy atom. The number of hydrogen-bond acceptors (Lipinski definition) is 5. The Kier molecular flexibility index (Phi) is 3.93. The van der Waals surface area contributed by atoms with E-state index in [0.717, 1.165) is 0 Å². The average molecular weight is 285 g/mol. The number of nitrogens with zero attached hydrogens (tertiary/aromatic N) is 3. The number of halogens is 3. The molecule has 2 rings (SSSR count). The first-order valence-electron chi connectivity index (χ1n) is 5.92. The van der Waals surface area contributed by atoms with Crippen LogP contribution in [0.5, 0.6) is 0 Å². The quantitative estimate of drug-likeness (QED) is 0.666. The summed E-state index contributed by atoms with van der Waals surface area (Å²) in [6.07, 6.45) is -5.11. The molecule has 108 valence electrons. The number of rotatable bonds is 4. The lowest BCUT2D eigenvalue weighted by molar-refractivity contribution is -0.132. The van der Waals surface area contributed by atoms with Crippen LogP contribution in [0.25, 0.3) is 10.9 Å². The van der Waals surface area contributed by atoms with Crippen LogP contribution in [0.15, 0.2) is 24.3 Å². The van der Waals surface area contributed by atoms with Gasteiger partial charge >= 0.3 is 6.18 Å². The number of fused-ring (bicyclic) bond motifs is 1. The highest BCUT2D eigenvalue weighted by molar-refractivity contribution is 5.90. The lowest BCUT2D eigenvalue weighted by atomic mass is 10.2. The molecule has 1 aromatic carbocycles. The Hall–Kier alpha value is -2.09. The molecule has 0 unspecified atom stereocenters. The molecule has 5 nitrogen and oxygen atoms in total. The summed E-state index contributed by atoms with van der Waals surface area (Å²) in [5.74, 6) is 5.85. The summed E-state index contributed by atoms with van der Waals surface area (Å²) in [7, 11) is 1.56. The number of alkyl halides is 3. The van der Waals surface area contributed by atoms with Crippen molar-refractivity contribution >= 4 is 22.7 Å². The predicted octanol–water partition coefficient (Wildman–Crippen LogP) is 2.30. The van der Waals surface area contributed by atoms with Crippen molar-refractivity contribution in [2.75, 3.05) is 23.9 Å². The molecule has 3 N–H and O–H groups in total. The van der Waals surface area contributed by atoms with Gasteiger partial charge in [-0.05, 0) is 12.1 Å². The fourth-order valence-corrected chi connectivity index (χ4v) is 1.82. The molecule has 8 heteroatoms. The molecule has 0 spiro atoms. The molecule has 0 aliphatic carbocycles. The number of hydrogen-bond donors (Lipinski definition) is 2. The van der Waals surface area contributed by atoms with E-state index in [4.69, 9.17) is 5.84 Å². The Morgan fingerprint density at radius 2 is 1.95 bits per heavy atom. The zero-order valence-electron chi connectivity index (χ0n) is 10.8. The van der Waals surface area contributed by atoms with Crippen LogP contribution < -0.4 is 16.2 Å². The smallest absolute Gasteiger partial charge is 0.359 e. The number of benzene rings is 1. The van der Waals surface area contributed by atoms with Gasteiger partial charge in [-0.25, -0.2) is 10.8 Å². The van der Waals surface area contributed by atoms with E-state index >= 15 is 0 Å². The molecule has 0 amide bonds. The van der Waals surface area contributed by atoms with Gasteiger partial charge in [-0.15, -0.1) is 0 Å².